The smallest absolute Gasteiger partial charge is 0.326 e. The fourth-order valence-electron chi connectivity index (χ4n) is 1.37. The summed E-state index contributed by atoms with van der Waals surface area (Å²) in [6, 6.07) is -1.44. The zero-order chi connectivity index (χ0) is 13.3. The third-order valence-electron chi connectivity index (χ3n) is 2.37. The highest BCUT2D eigenvalue weighted by molar-refractivity contribution is 5.82. The van der Waals surface area contributed by atoms with Crippen molar-refractivity contribution in [3.63, 3.8) is 0 Å². The van der Waals surface area contributed by atoms with Gasteiger partial charge in [0.15, 0.2) is 0 Å². The Kier molecular flexibility index (Phi) is 7.61. The average Bonchev–Trinajstić information content (AvgIpc) is 2.27. The molecular formula is C12H20N2O3. The second-order valence-corrected chi connectivity index (χ2v) is 3.81. The summed E-state index contributed by atoms with van der Waals surface area (Å²) < 4.78 is 0. The minimum Gasteiger partial charge on any atom is -0.480 e. The van der Waals surface area contributed by atoms with Crippen LogP contribution >= 0.6 is 0 Å². The Labute approximate surface area is 102 Å². The van der Waals surface area contributed by atoms with Crippen LogP contribution < -0.4 is 10.6 Å². The van der Waals surface area contributed by atoms with Gasteiger partial charge in [0.1, 0.15) is 6.04 Å². The number of rotatable bonds is 7. The Morgan fingerprint density at radius 2 is 2.00 bits per heavy atom. The van der Waals surface area contributed by atoms with E-state index in [1.54, 1.807) is 0 Å². The van der Waals surface area contributed by atoms with Gasteiger partial charge >= 0.3 is 12.0 Å². The SMILES string of the molecule is C#CCC(CC)NC(=O)NC(CCC)C(=O)O. The van der Waals surface area contributed by atoms with Crippen LogP contribution in [-0.2, 0) is 4.79 Å². The van der Waals surface area contributed by atoms with Crippen LogP contribution in [0, 0.1) is 12.3 Å². The van der Waals surface area contributed by atoms with E-state index in [2.05, 4.69) is 16.6 Å². The molecule has 5 heteroatoms. The molecule has 0 aliphatic rings. The van der Waals surface area contributed by atoms with Crippen LogP contribution in [0.4, 0.5) is 4.79 Å². The first-order valence-corrected chi connectivity index (χ1v) is 5.78. The van der Waals surface area contributed by atoms with Gasteiger partial charge in [-0.05, 0) is 12.8 Å². The van der Waals surface area contributed by atoms with Gasteiger partial charge < -0.3 is 15.7 Å². The van der Waals surface area contributed by atoms with Gasteiger partial charge in [-0.2, -0.15) is 0 Å². The molecule has 0 spiro atoms. The molecule has 0 bridgehead atoms. The molecule has 0 heterocycles. The van der Waals surface area contributed by atoms with Gasteiger partial charge in [-0.15, -0.1) is 12.3 Å². The zero-order valence-corrected chi connectivity index (χ0v) is 10.3. The average molecular weight is 240 g/mol. The molecule has 0 aliphatic carbocycles. The van der Waals surface area contributed by atoms with Crippen LogP contribution in [0.5, 0.6) is 0 Å². The van der Waals surface area contributed by atoms with E-state index >= 15 is 0 Å². The lowest BCUT2D eigenvalue weighted by atomic mass is 10.1. The molecule has 0 saturated carbocycles. The number of urea groups is 1. The first-order valence-electron chi connectivity index (χ1n) is 5.78. The number of carboxylic acid groups (broad SMARTS) is 1. The summed E-state index contributed by atoms with van der Waals surface area (Å²) >= 11 is 0. The molecule has 0 fully saturated rings. The molecular weight excluding hydrogens is 220 g/mol. The van der Waals surface area contributed by atoms with Crippen molar-refractivity contribution in [3.8, 4) is 12.3 Å². The lowest BCUT2D eigenvalue weighted by Gasteiger charge is -2.18. The van der Waals surface area contributed by atoms with Crippen LogP contribution in [0.2, 0.25) is 0 Å². The molecule has 0 aromatic heterocycles. The van der Waals surface area contributed by atoms with Gasteiger partial charge in [0.05, 0.1) is 0 Å². The summed E-state index contributed by atoms with van der Waals surface area (Å²) in [5.74, 6) is 1.45. The summed E-state index contributed by atoms with van der Waals surface area (Å²) in [7, 11) is 0. The Hall–Kier alpha value is -1.70. The Morgan fingerprint density at radius 3 is 2.41 bits per heavy atom. The number of hydrogen-bond acceptors (Lipinski definition) is 2. The van der Waals surface area contributed by atoms with Crippen molar-refractivity contribution in [2.75, 3.05) is 0 Å². The molecule has 2 amide bonds. The highest BCUT2D eigenvalue weighted by Crippen LogP contribution is 1.99. The van der Waals surface area contributed by atoms with Gasteiger partial charge in [-0.1, -0.05) is 20.3 Å². The van der Waals surface area contributed by atoms with Crippen LogP contribution in [0.25, 0.3) is 0 Å². The van der Waals surface area contributed by atoms with E-state index in [1.165, 1.54) is 0 Å². The number of amides is 2. The second kappa shape index (κ2) is 8.45. The molecule has 0 radical (unpaired) electrons. The van der Waals surface area contributed by atoms with Gasteiger partial charge in [0, 0.05) is 12.5 Å². The van der Waals surface area contributed by atoms with Gasteiger partial charge in [-0.25, -0.2) is 9.59 Å². The Bertz CT molecular complexity index is 297. The normalized spacial score (nSPS) is 13.2. The molecule has 0 saturated heterocycles. The van der Waals surface area contributed by atoms with Crippen molar-refractivity contribution in [3.05, 3.63) is 0 Å². The number of aliphatic carboxylic acids is 1. The first kappa shape index (κ1) is 15.3. The molecule has 2 atom stereocenters. The largest absolute Gasteiger partial charge is 0.480 e. The minimum atomic E-state index is -1.02. The van der Waals surface area contributed by atoms with Gasteiger partial charge in [0.2, 0.25) is 0 Å². The van der Waals surface area contributed by atoms with E-state index in [1.807, 2.05) is 13.8 Å². The maximum atomic E-state index is 11.5. The summed E-state index contributed by atoms with van der Waals surface area (Å²) in [6.45, 7) is 3.77. The zero-order valence-electron chi connectivity index (χ0n) is 10.3. The molecule has 0 aliphatic heterocycles. The highest BCUT2D eigenvalue weighted by atomic mass is 16.4. The predicted molar refractivity (Wildman–Crippen MR) is 65.5 cm³/mol. The fraction of sp³-hybridized carbons (Fsp3) is 0.667. The highest BCUT2D eigenvalue weighted by Gasteiger charge is 2.19. The molecule has 0 aromatic carbocycles. The molecule has 3 N–H and O–H groups in total. The summed E-state index contributed by atoms with van der Waals surface area (Å²) in [5.41, 5.74) is 0. The maximum Gasteiger partial charge on any atom is 0.326 e. The third kappa shape index (κ3) is 6.46. The monoisotopic (exact) mass is 240 g/mol. The number of nitrogens with one attached hydrogen (secondary N) is 2. The molecule has 2 unspecified atom stereocenters. The number of carbonyl (C=O) groups excluding carboxylic acids is 1. The number of carboxylic acids is 1. The van der Waals surface area contributed by atoms with Gasteiger partial charge in [-0.3, -0.25) is 0 Å². The number of carbonyl (C=O) groups is 2. The molecule has 5 nitrogen and oxygen atoms in total. The van der Waals surface area contributed by atoms with Crippen molar-refractivity contribution in [1.82, 2.24) is 10.6 Å². The van der Waals surface area contributed by atoms with Crippen molar-refractivity contribution in [2.45, 2.75) is 51.6 Å². The van der Waals surface area contributed by atoms with E-state index in [9.17, 15) is 9.59 Å². The minimum absolute atomic E-state index is 0.115. The van der Waals surface area contributed by atoms with E-state index < -0.39 is 18.0 Å². The predicted octanol–water partition coefficient (Wildman–Crippen LogP) is 1.34. The standard InChI is InChI=1S/C12H20N2O3/c1-4-7-9(6-3)13-12(17)14-10(8-5-2)11(15)16/h1,9-10H,5-8H2,2-3H3,(H,15,16)(H2,13,14,17). The van der Waals surface area contributed by atoms with E-state index in [4.69, 9.17) is 11.5 Å². The van der Waals surface area contributed by atoms with Crippen LogP contribution in [0.1, 0.15) is 39.5 Å². The van der Waals surface area contributed by atoms with Crippen molar-refractivity contribution < 1.29 is 14.7 Å². The molecule has 96 valence electrons. The van der Waals surface area contributed by atoms with E-state index in [0.717, 1.165) is 0 Å². The summed E-state index contributed by atoms with van der Waals surface area (Å²) in [5, 5.41) is 14.0. The fourth-order valence-corrected chi connectivity index (χ4v) is 1.37. The Morgan fingerprint density at radius 1 is 1.35 bits per heavy atom. The van der Waals surface area contributed by atoms with Crippen molar-refractivity contribution in [2.24, 2.45) is 0 Å². The molecule has 17 heavy (non-hydrogen) atoms. The van der Waals surface area contributed by atoms with E-state index in [0.29, 0.717) is 25.7 Å². The van der Waals surface area contributed by atoms with E-state index in [-0.39, 0.29) is 6.04 Å². The number of terminal acetylenes is 1. The van der Waals surface area contributed by atoms with Gasteiger partial charge in [0.25, 0.3) is 0 Å². The molecule has 0 rings (SSSR count). The first-order chi connectivity index (χ1) is 8.04. The lowest BCUT2D eigenvalue weighted by molar-refractivity contribution is -0.139. The second-order valence-electron chi connectivity index (χ2n) is 3.81. The summed E-state index contributed by atoms with van der Waals surface area (Å²) in [4.78, 5) is 22.4. The topological polar surface area (TPSA) is 78.4 Å². The number of hydrogen-bond donors (Lipinski definition) is 3. The quantitative estimate of drug-likeness (QED) is 0.588. The maximum absolute atomic E-state index is 11.5. The van der Waals surface area contributed by atoms with Crippen LogP contribution in [-0.4, -0.2) is 29.2 Å². The third-order valence-corrected chi connectivity index (χ3v) is 2.37. The van der Waals surface area contributed by atoms with Crippen molar-refractivity contribution >= 4 is 12.0 Å². The lowest BCUT2D eigenvalue weighted by Crippen LogP contribution is -2.48. The molecule has 0 aromatic rings. The van der Waals surface area contributed by atoms with Crippen LogP contribution in [0.3, 0.4) is 0 Å². The van der Waals surface area contributed by atoms with Crippen molar-refractivity contribution in [1.29, 1.82) is 0 Å². The Balaban J connectivity index is 4.22. The summed E-state index contributed by atoms with van der Waals surface area (Å²) in [6.07, 6.45) is 7.42. The van der Waals surface area contributed by atoms with Crippen LogP contribution in [0.15, 0.2) is 0 Å².